The molecule has 0 saturated carbocycles. The van der Waals surface area contributed by atoms with Crippen LogP contribution in [-0.2, 0) is 0 Å². The summed E-state index contributed by atoms with van der Waals surface area (Å²) < 4.78 is 1.04. The molecule has 1 aromatic rings. The van der Waals surface area contributed by atoms with Crippen LogP contribution in [0, 0.1) is 6.92 Å². The molecule has 0 bridgehead atoms. The molecule has 4 heteroatoms. The minimum absolute atomic E-state index is 0.0966. The van der Waals surface area contributed by atoms with Crippen molar-refractivity contribution in [3.8, 4) is 0 Å². The van der Waals surface area contributed by atoms with Crippen LogP contribution in [0.25, 0.3) is 0 Å². The fourth-order valence-corrected chi connectivity index (χ4v) is 2.57. The van der Waals surface area contributed by atoms with Crippen LogP contribution in [0.1, 0.15) is 28.8 Å². The van der Waals surface area contributed by atoms with E-state index in [-0.39, 0.29) is 5.91 Å². The molecule has 1 saturated heterocycles. The molecule has 18 heavy (non-hydrogen) atoms. The number of rotatable bonds is 3. The van der Waals surface area contributed by atoms with Gasteiger partial charge in [0.1, 0.15) is 0 Å². The first-order valence-electron chi connectivity index (χ1n) is 6.33. The van der Waals surface area contributed by atoms with Gasteiger partial charge in [0.15, 0.2) is 0 Å². The van der Waals surface area contributed by atoms with Gasteiger partial charge in [0.2, 0.25) is 0 Å². The molecule has 1 fully saturated rings. The highest BCUT2D eigenvalue weighted by molar-refractivity contribution is 9.10. The molecular formula is C14H19BrN2O. The summed E-state index contributed by atoms with van der Waals surface area (Å²) in [6, 6.07) is 6.20. The zero-order chi connectivity index (χ0) is 13.1. The number of nitrogens with one attached hydrogen (secondary N) is 1. The van der Waals surface area contributed by atoms with Gasteiger partial charge < -0.3 is 10.2 Å². The van der Waals surface area contributed by atoms with Gasteiger partial charge in [0.25, 0.3) is 5.91 Å². The van der Waals surface area contributed by atoms with Gasteiger partial charge in [-0.3, -0.25) is 4.79 Å². The van der Waals surface area contributed by atoms with Crippen LogP contribution in [0.3, 0.4) is 0 Å². The first-order valence-corrected chi connectivity index (χ1v) is 7.12. The average Bonchev–Trinajstić information content (AvgIpc) is 2.84. The molecule has 1 atom stereocenters. The van der Waals surface area contributed by atoms with E-state index in [4.69, 9.17) is 0 Å². The Morgan fingerprint density at radius 1 is 1.56 bits per heavy atom. The molecule has 2 rings (SSSR count). The monoisotopic (exact) mass is 310 g/mol. The molecule has 3 nitrogen and oxygen atoms in total. The maximum atomic E-state index is 12.3. The summed E-state index contributed by atoms with van der Waals surface area (Å²) in [6.45, 7) is 3.86. The highest BCUT2D eigenvalue weighted by Gasteiger charge is 2.19. The topological polar surface area (TPSA) is 32.3 Å². The Balaban J connectivity index is 2.02. The molecule has 1 N–H and O–H groups in total. The quantitative estimate of drug-likeness (QED) is 0.930. The molecule has 1 aromatic carbocycles. The van der Waals surface area contributed by atoms with Gasteiger partial charge in [0.05, 0.1) is 0 Å². The lowest BCUT2D eigenvalue weighted by Gasteiger charge is -2.21. The minimum Gasteiger partial charge on any atom is -0.340 e. The summed E-state index contributed by atoms with van der Waals surface area (Å²) in [5.74, 6) is 0.0966. The first-order chi connectivity index (χ1) is 8.58. The van der Waals surface area contributed by atoms with Crippen LogP contribution in [0.4, 0.5) is 0 Å². The van der Waals surface area contributed by atoms with Crippen LogP contribution in [0.2, 0.25) is 0 Å². The predicted octanol–water partition coefficient (Wildman–Crippen LogP) is 2.58. The lowest BCUT2D eigenvalue weighted by atomic mass is 10.1. The molecule has 1 amide bonds. The van der Waals surface area contributed by atoms with Gasteiger partial charge >= 0.3 is 0 Å². The van der Waals surface area contributed by atoms with Crippen LogP contribution in [0.15, 0.2) is 22.7 Å². The van der Waals surface area contributed by atoms with Gasteiger partial charge in [0, 0.05) is 29.7 Å². The normalized spacial score (nSPS) is 18.9. The Labute approximate surface area is 117 Å². The Kier molecular flexibility index (Phi) is 4.40. The van der Waals surface area contributed by atoms with E-state index < -0.39 is 0 Å². The highest BCUT2D eigenvalue weighted by Crippen LogP contribution is 2.18. The molecule has 1 unspecified atom stereocenters. The molecule has 0 aliphatic carbocycles. The van der Waals surface area contributed by atoms with E-state index in [0.29, 0.717) is 6.04 Å². The summed E-state index contributed by atoms with van der Waals surface area (Å²) in [5, 5.41) is 3.41. The SMILES string of the molecule is Cc1cc(C(=O)N(C)CC2CCCN2)ccc1Br. The number of aryl methyl sites for hydroxylation is 1. The molecule has 0 radical (unpaired) electrons. The molecule has 0 aromatic heterocycles. The maximum Gasteiger partial charge on any atom is 0.253 e. The number of halogens is 1. The van der Waals surface area contributed by atoms with Gasteiger partial charge in [-0.2, -0.15) is 0 Å². The largest absolute Gasteiger partial charge is 0.340 e. The van der Waals surface area contributed by atoms with Crippen molar-refractivity contribution in [3.63, 3.8) is 0 Å². The van der Waals surface area contributed by atoms with E-state index >= 15 is 0 Å². The zero-order valence-corrected chi connectivity index (χ0v) is 12.5. The van der Waals surface area contributed by atoms with E-state index in [9.17, 15) is 4.79 Å². The van der Waals surface area contributed by atoms with E-state index in [2.05, 4.69) is 21.2 Å². The molecule has 1 aliphatic heterocycles. The van der Waals surface area contributed by atoms with Crippen molar-refractivity contribution in [1.82, 2.24) is 10.2 Å². The fourth-order valence-electron chi connectivity index (χ4n) is 2.32. The molecule has 98 valence electrons. The smallest absolute Gasteiger partial charge is 0.253 e. The second-order valence-corrected chi connectivity index (χ2v) is 5.80. The maximum absolute atomic E-state index is 12.3. The zero-order valence-electron chi connectivity index (χ0n) is 10.9. The Hall–Kier alpha value is -0.870. The number of amides is 1. The minimum atomic E-state index is 0.0966. The van der Waals surface area contributed by atoms with Crippen molar-refractivity contribution < 1.29 is 4.79 Å². The van der Waals surface area contributed by atoms with Crippen molar-refractivity contribution in [2.24, 2.45) is 0 Å². The summed E-state index contributed by atoms with van der Waals surface area (Å²) in [5.41, 5.74) is 1.85. The van der Waals surface area contributed by atoms with Crippen LogP contribution >= 0.6 is 15.9 Å². The molecule has 0 spiro atoms. The van der Waals surface area contributed by atoms with E-state index in [1.807, 2.05) is 37.1 Å². The second-order valence-electron chi connectivity index (χ2n) is 4.94. The van der Waals surface area contributed by atoms with Crippen molar-refractivity contribution in [1.29, 1.82) is 0 Å². The van der Waals surface area contributed by atoms with Crippen LogP contribution in [-0.4, -0.2) is 37.0 Å². The lowest BCUT2D eigenvalue weighted by Crippen LogP contribution is -2.38. The molecule has 1 aliphatic rings. The van der Waals surface area contributed by atoms with Crippen molar-refractivity contribution in [3.05, 3.63) is 33.8 Å². The van der Waals surface area contributed by atoms with Crippen molar-refractivity contribution in [2.75, 3.05) is 20.1 Å². The number of hydrogen-bond acceptors (Lipinski definition) is 2. The van der Waals surface area contributed by atoms with E-state index in [0.717, 1.165) is 35.1 Å². The Morgan fingerprint density at radius 2 is 2.33 bits per heavy atom. The van der Waals surface area contributed by atoms with E-state index in [1.165, 1.54) is 6.42 Å². The van der Waals surface area contributed by atoms with Gasteiger partial charge in [-0.15, -0.1) is 0 Å². The number of carbonyl (C=O) groups is 1. The molecular weight excluding hydrogens is 292 g/mol. The Morgan fingerprint density at radius 3 is 2.94 bits per heavy atom. The lowest BCUT2D eigenvalue weighted by molar-refractivity contribution is 0.0783. The number of hydrogen-bond donors (Lipinski definition) is 1. The third kappa shape index (κ3) is 3.12. The van der Waals surface area contributed by atoms with Crippen molar-refractivity contribution in [2.45, 2.75) is 25.8 Å². The number of carbonyl (C=O) groups excluding carboxylic acids is 1. The summed E-state index contributed by atoms with van der Waals surface area (Å²) in [7, 11) is 1.87. The van der Waals surface area contributed by atoms with Gasteiger partial charge in [-0.25, -0.2) is 0 Å². The Bertz CT molecular complexity index is 441. The molecule has 1 heterocycles. The van der Waals surface area contributed by atoms with Crippen LogP contribution < -0.4 is 5.32 Å². The summed E-state index contributed by atoms with van der Waals surface area (Å²) >= 11 is 3.45. The number of nitrogens with zero attached hydrogens (tertiary/aromatic N) is 1. The summed E-state index contributed by atoms with van der Waals surface area (Å²) in [4.78, 5) is 14.1. The van der Waals surface area contributed by atoms with E-state index in [1.54, 1.807) is 0 Å². The third-order valence-corrected chi connectivity index (χ3v) is 4.30. The average molecular weight is 311 g/mol. The predicted molar refractivity (Wildman–Crippen MR) is 76.9 cm³/mol. The van der Waals surface area contributed by atoms with Crippen molar-refractivity contribution >= 4 is 21.8 Å². The second kappa shape index (κ2) is 5.85. The number of benzene rings is 1. The standard InChI is InChI=1S/C14H19BrN2O/c1-10-8-11(5-6-13(10)15)14(18)17(2)9-12-4-3-7-16-12/h5-6,8,12,16H,3-4,7,9H2,1-2H3. The fraction of sp³-hybridized carbons (Fsp3) is 0.500. The highest BCUT2D eigenvalue weighted by atomic mass is 79.9. The summed E-state index contributed by atoms with van der Waals surface area (Å²) in [6.07, 6.45) is 2.38. The van der Waals surface area contributed by atoms with Crippen LogP contribution in [0.5, 0.6) is 0 Å². The third-order valence-electron chi connectivity index (χ3n) is 3.41. The number of likely N-dealkylation sites (N-methyl/N-ethyl adjacent to an activating group) is 1. The van der Waals surface area contributed by atoms with Gasteiger partial charge in [-0.05, 0) is 50.1 Å². The van der Waals surface area contributed by atoms with Gasteiger partial charge in [-0.1, -0.05) is 15.9 Å². The first kappa shape index (κ1) is 13.6.